The Labute approximate surface area is 148 Å². The molecule has 0 unspecified atom stereocenters. The molecule has 0 radical (unpaired) electrons. The van der Waals surface area contributed by atoms with E-state index in [4.69, 9.17) is 16.1 Å². The number of hydrogen-bond donors (Lipinski definition) is 1. The Kier molecular flexibility index (Phi) is 5.09. The maximum atomic E-state index is 13.2. The van der Waals surface area contributed by atoms with E-state index < -0.39 is 5.82 Å². The van der Waals surface area contributed by atoms with Gasteiger partial charge in [-0.2, -0.15) is 4.98 Å². The largest absolute Gasteiger partial charge is 0.339 e. The number of nitrogens with zero attached hydrogens (tertiary/aromatic N) is 2. The number of aryl methyl sites for hydroxylation is 2. The molecule has 0 saturated heterocycles. The fourth-order valence-electron chi connectivity index (χ4n) is 2.23. The smallest absolute Gasteiger partial charge is 0.227 e. The van der Waals surface area contributed by atoms with Gasteiger partial charge in [-0.1, -0.05) is 22.8 Å². The molecule has 5 nitrogen and oxygen atoms in total. The molecule has 1 amide bonds. The van der Waals surface area contributed by atoms with Crippen LogP contribution in [0.3, 0.4) is 0 Å². The van der Waals surface area contributed by atoms with Crippen LogP contribution in [-0.4, -0.2) is 16.0 Å². The fraction of sp³-hybridized carbons (Fsp3) is 0.167. The van der Waals surface area contributed by atoms with E-state index in [1.54, 1.807) is 37.3 Å². The summed E-state index contributed by atoms with van der Waals surface area (Å²) in [5.41, 5.74) is 2.02. The van der Waals surface area contributed by atoms with Gasteiger partial charge in [0.25, 0.3) is 0 Å². The molecule has 2 aromatic carbocycles. The lowest BCUT2D eigenvalue weighted by Gasteiger charge is -2.07. The summed E-state index contributed by atoms with van der Waals surface area (Å²) >= 11 is 5.84. The van der Waals surface area contributed by atoms with E-state index in [2.05, 4.69) is 15.5 Å². The molecule has 0 aliphatic carbocycles. The molecule has 0 bridgehead atoms. The number of carbonyl (C=O) groups is 1. The average molecular weight is 360 g/mol. The summed E-state index contributed by atoms with van der Waals surface area (Å²) < 4.78 is 18.4. The zero-order chi connectivity index (χ0) is 17.8. The van der Waals surface area contributed by atoms with E-state index in [9.17, 15) is 9.18 Å². The lowest BCUT2D eigenvalue weighted by atomic mass is 10.2. The van der Waals surface area contributed by atoms with E-state index in [-0.39, 0.29) is 12.3 Å². The van der Waals surface area contributed by atoms with Crippen LogP contribution in [0.2, 0.25) is 5.02 Å². The molecule has 0 spiro atoms. The van der Waals surface area contributed by atoms with Crippen LogP contribution in [0.5, 0.6) is 0 Å². The van der Waals surface area contributed by atoms with Gasteiger partial charge in [0.15, 0.2) is 0 Å². The van der Waals surface area contributed by atoms with Crippen LogP contribution in [0, 0.1) is 12.7 Å². The van der Waals surface area contributed by atoms with Crippen molar-refractivity contribution < 1.29 is 13.7 Å². The van der Waals surface area contributed by atoms with Crippen LogP contribution in [0.15, 0.2) is 47.0 Å². The quantitative estimate of drug-likeness (QED) is 0.732. The van der Waals surface area contributed by atoms with Gasteiger partial charge in [-0.05, 0) is 48.9 Å². The van der Waals surface area contributed by atoms with Gasteiger partial charge in [0.1, 0.15) is 5.82 Å². The molecule has 3 aromatic rings. The predicted molar refractivity (Wildman–Crippen MR) is 92.8 cm³/mol. The SMILES string of the molecule is Cc1ccc(F)cc1NC(=O)CCc1nc(-c2ccc(Cl)cc2)no1. The summed E-state index contributed by atoms with van der Waals surface area (Å²) in [5, 5.41) is 7.20. The van der Waals surface area contributed by atoms with Gasteiger partial charge in [-0.15, -0.1) is 0 Å². The topological polar surface area (TPSA) is 68.0 Å². The van der Waals surface area contributed by atoms with Crippen LogP contribution in [0.25, 0.3) is 11.4 Å². The minimum absolute atomic E-state index is 0.151. The molecule has 1 heterocycles. The molecule has 1 aromatic heterocycles. The van der Waals surface area contributed by atoms with Crippen molar-refractivity contribution in [2.24, 2.45) is 0 Å². The number of nitrogens with one attached hydrogen (secondary N) is 1. The maximum absolute atomic E-state index is 13.2. The Morgan fingerprint density at radius 2 is 2.00 bits per heavy atom. The Hall–Kier alpha value is -2.73. The lowest BCUT2D eigenvalue weighted by molar-refractivity contribution is -0.116. The van der Waals surface area contributed by atoms with Crippen LogP contribution in [0.4, 0.5) is 10.1 Å². The third-order valence-corrected chi connectivity index (χ3v) is 3.86. The van der Waals surface area contributed by atoms with E-state index in [1.165, 1.54) is 12.1 Å². The summed E-state index contributed by atoms with van der Waals surface area (Å²) in [7, 11) is 0. The Bertz CT molecular complexity index is 894. The number of carbonyl (C=O) groups excluding carboxylic acids is 1. The molecule has 0 aliphatic rings. The highest BCUT2D eigenvalue weighted by Gasteiger charge is 2.12. The van der Waals surface area contributed by atoms with Crippen LogP contribution >= 0.6 is 11.6 Å². The van der Waals surface area contributed by atoms with Gasteiger partial charge in [0, 0.05) is 29.1 Å². The Balaban J connectivity index is 1.59. The number of aromatic nitrogens is 2. The van der Waals surface area contributed by atoms with E-state index in [0.29, 0.717) is 28.8 Å². The molecular weight excluding hydrogens is 345 g/mol. The summed E-state index contributed by atoms with van der Waals surface area (Å²) in [6.45, 7) is 1.80. The van der Waals surface area contributed by atoms with Crippen molar-refractivity contribution in [1.82, 2.24) is 10.1 Å². The first-order valence-electron chi connectivity index (χ1n) is 7.66. The van der Waals surface area contributed by atoms with Gasteiger partial charge < -0.3 is 9.84 Å². The lowest BCUT2D eigenvalue weighted by Crippen LogP contribution is -2.13. The normalized spacial score (nSPS) is 10.7. The van der Waals surface area contributed by atoms with E-state index in [0.717, 1.165) is 11.1 Å². The van der Waals surface area contributed by atoms with Gasteiger partial charge in [-0.3, -0.25) is 4.79 Å². The molecule has 0 fully saturated rings. The highest BCUT2D eigenvalue weighted by molar-refractivity contribution is 6.30. The average Bonchev–Trinajstić information content (AvgIpc) is 3.06. The third kappa shape index (κ3) is 4.42. The fourth-order valence-corrected chi connectivity index (χ4v) is 2.36. The third-order valence-electron chi connectivity index (χ3n) is 3.61. The molecule has 7 heteroatoms. The number of hydrogen-bond acceptors (Lipinski definition) is 4. The van der Waals surface area contributed by atoms with E-state index in [1.807, 2.05) is 0 Å². The second kappa shape index (κ2) is 7.44. The molecule has 25 heavy (non-hydrogen) atoms. The first kappa shape index (κ1) is 17.1. The van der Waals surface area contributed by atoms with Crippen LogP contribution in [0.1, 0.15) is 17.9 Å². The predicted octanol–water partition coefficient (Wildman–Crippen LogP) is 4.41. The molecule has 128 valence electrons. The molecular formula is C18H15ClFN3O2. The van der Waals surface area contributed by atoms with Gasteiger partial charge in [0.2, 0.25) is 17.6 Å². The number of amides is 1. The van der Waals surface area contributed by atoms with Gasteiger partial charge in [0.05, 0.1) is 0 Å². The molecule has 1 N–H and O–H groups in total. The zero-order valence-electron chi connectivity index (χ0n) is 13.4. The van der Waals surface area contributed by atoms with E-state index >= 15 is 0 Å². The van der Waals surface area contributed by atoms with Crippen molar-refractivity contribution in [2.75, 3.05) is 5.32 Å². The van der Waals surface area contributed by atoms with Crippen LogP contribution in [-0.2, 0) is 11.2 Å². The molecule has 3 rings (SSSR count). The van der Waals surface area contributed by atoms with Gasteiger partial charge >= 0.3 is 0 Å². The Morgan fingerprint density at radius 1 is 1.24 bits per heavy atom. The number of anilines is 1. The molecule has 0 aliphatic heterocycles. The number of halogens is 2. The minimum atomic E-state index is -0.398. The first-order chi connectivity index (χ1) is 12.0. The number of benzene rings is 2. The summed E-state index contributed by atoms with van der Waals surface area (Å²) in [6.07, 6.45) is 0.443. The maximum Gasteiger partial charge on any atom is 0.227 e. The van der Waals surface area contributed by atoms with Crippen molar-refractivity contribution in [3.05, 3.63) is 64.8 Å². The summed E-state index contributed by atoms with van der Waals surface area (Å²) in [4.78, 5) is 16.3. The molecule has 0 atom stereocenters. The van der Waals surface area contributed by atoms with Crippen molar-refractivity contribution in [2.45, 2.75) is 19.8 Å². The van der Waals surface area contributed by atoms with Crippen LogP contribution < -0.4 is 5.32 Å². The van der Waals surface area contributed by atoms with Crippen molar-refractivity contribution in [3.8, 4) is 11.4 Å². The van der Waals surface area contributed by atoms with Crippen molar-refractivity contribution in [1.29, 1.82) is 0 Å². The standard InChI is InChI=1S/C18H15ClFN3O2/c1-11-2-7-14(20)10-15(11)21-16(24)8-9-17-22-18(23-25-17)12-3-5-13(19)6-4-12/h2-7,10H,8-9H2,1H3,(H,21,24). The Morgan fingerprint density at radius 3 is 2.76 bits per heavy atom. The molecule has 0 saturated carbocycles. The summed E-state index contributed by atoms with van der Waals surface area (Å²) in [5.74, 6) is 0.148. The monoisotopic (exact) mass is 359 g/mol. The minimum Gasteiger partial charge on any atom is -0.339 e. The number of rotatable bonds is 5. The highest BCUT2D eigenvalue weighted by Crippen LogP contribution is 2.19. The van der Waals surface area contributed by atoms with Gasteiger partial charge in [-0.25, -0.2) is 4.39 Å². The second-order valence-electron chi connectivity index (χ2n) is 5.53. The zero-order valence-corrected chi connectivity index (χ0v) is 14.2. The first-order valence-corrected chi connectivity index (χ1v) is 8.03. The summed E-state index contributed by atoms with van der Waals surface area (Å²) in [6, 6.07) is 11.3. The second-order valence-corrected chi connectivity index (χ2v) is 5.96. The highest BCUT2D eigenvalue weighted by atomic mass is 35.5. The van der Waals surface area contributed by atoms with Crippen molar-refractivity contribution in [3.63, 3.8) is 0 Å². The van der Waals surface area contributed by atoms with Crippen molar-refractivity contribution >= 4 is 23.2 Å².